The lowest BCUT2D eigenvalue weighted by molar-refractivity contribution is 0.103. The molecule has 0 amide bonds. The van der Waals surface area contributed by atoms with E-state index in [9.17, 15) is 4.79 Å². The first-order valence-corrected chi connectivity index (χ1v) is 9.16. The van der Waals surface area contributed by atoms with Crippen LogP contribution in [0.25, 0.3) is 0 Å². The van der Waals surface area contributed by atoms with E-state index in [2.05, 4.69) is 12.1 Å². The Balaban J connectivity index is 2.38. The average Bonchev–Trinajstić information content (AvgIpc) is 2.56. The van der Waals surface area contributed by atoms with E-state index in [0.29, 0.717) is 6.42 Å². The zero-order chi connectivity index (χ0) is 15.1. The summed E-state index contributed by atoms with van der Waals surface area (Å²) in [6.45, 7) is 0. The first-order chi connectivity index (χ1) is 10.3. The standard InChI is InChI=1S/C18H18OS2/c1-20-18(21-2)16(13-14-9-5-3-6-10-14)17(19)15-11-7-4-8-12-15/h3-12H,13H2,1-2H3. The molecule has 2 aromatic carbocycles. The molecule has 3 heteroatoms. The van der Waals surface area contributed by atoms with E-state index in [0.717, 1.165) is 20.9 Å². The number of rotatable bonds is 6. The third-order valence-corrected chi connectivity index (χ3v) is 5.39. The zero-order valence-corrected chi connectivity index (χ0v) is 13.8. The minimum absolute atomic E-state index is 0.123. The summed E-state index contributed by atoms with van der Waals surface area (Å²) in [5.74, 6) is 0.123. The Bertz CT molecular complexity index is 612. The Morgan fingerprint density at radius 3 is 1.90 bits per heavy atom. The van der Waals surface area contributed by atoms with Crippen molar-refractivity contribution in [2.45, 2.75) is 6.42 Å². The third kappa shape index (κ3) is 4.26. The maximum atomic E-state index is 12.8. The van der Waals surface area contributed by atoms with Crippen LogP contribution in [-0.2, 0) is 6.42 Å². The first-order valence-electron chi connectivity index (χ1n) is 6.71. The molecule has 2 aromatic rings. The lowest BCUT2D eigenvalue weighted by atomic mass is 9.98. The normalized spacial score (nSPS) is 10.2. The van der Waals surface area contributed by atoms with Gasteiger partial charge in [-0.2, -0.15) is 0 Å². The van der Waals surface area contributed by atoms with Gasteiger partial charge >= 0.3 is 0 Å². The summed E-state index contributed by atoms with van der Waals surface area (Å²) in [5.41, 5.74) is 2.80. The van der Waals surface area contributed by atoms with Crippen molar-refractivity contribution < 1.29 is 4.79 Å². The van der Waals surface area contributed by atoms with Crippen molar-refractivity contribution in [2.24, 2.45) is 0 Å². The summed E-state index contributed by atoms with van der Waals surface area (Å²) < 4.78 is 1.09. The number of benzene rings is 2. The van der Waals surface area contributed by atoms with E-state index in [4.69, 9.17) is 0 Å². The monoisotopic (exact) mass is 314 g/mol. The SMILES string of the molecule is CSC(SC)=C(Cc1ccccc1)C(=O)c1ccccc1. The van der Waals surface area contributed by atoms with Gasteiger partial charge < -0.3 is 0 Å². The van der Waals surface area contributed by atoms with E-state index < -0.39 is 0 Å². The first kappa shape index (κ1) is 15.9. The predicted molar refractivity (Wildman–Crippen MR) is 95.0 cm³/mol. The van der Waals surface area contributed by atoms with Crippen LogP contribution in [0.4, 0.5) is 0 Å². The van der Waals surface area contributed by atoms with Gasteiger partial charge in [0, 0.05) is 21.8 Å². The van der Waals surface area contributed by atoms with Crippen LogP contribution in [0.2, 0.25) is 0 Å². The van der Waals surface area contributed by atoms with Gasteiger partial charge in [0.15, 0.2) is 5.78 Å². The van der Waals surface area contributed by atoms with Gasteiger partial charge in [0.2, 0.25) is 0 Å². The molecule has 21 heavy (non-hydrogen) atoms. The maximum Gasteiger partial charge on any atom is 0.190 e. The average molecular weight is 314 g/mol. The summed E-state index contributed by atoms with van der Waals surface area (Å²) in [5, 5.41) is 0. The fraction of sp³-hybridized carbons (Fsp3) is 0.167. The molecular formula is C18H18OS2. The Hall–Kier alpha value is -1.45. The van der Waals surface area contributed by atoms with E-state index in [1.54, 1.807) is 23.5 Å². The fourth-order valence-electron chi connectivity index (χ4n) is 2.14. The lowest BCUT2D eigenvalue weighted by Crippen LogP contribution is -2.08. The quantitative estimate of drug-likeness (QED) is 0.548. The van der Waals surface area contributed by atoms with Crippen molar-refractivity contribution in [3.05, 3.63) is 81.6 Å². The molecule has 0 bridgehead atoms. The second kappa shape index (κ2) is 8.11. The molecule has 0 aliphatic heterocycles. The van der Waals surface area contributed by atoms with Crippen molar-refractivity contribution in [1.29, 1.82) is 0 Å². The topological polar surface area (TPSA) is 17.1 Å². The lowest BCUT2D eigenvalue weighted by Gasteiger charge is -2.12. The smallest absolute Gasteiger partial charge is 0.190 e. The second-order valence-corrected chi connectivity index (χ2v) is 6.42. The van der Waals surface area contributed by atoms with E-state index >= 15 is 0 Å². The Kier molecular flexibility index (Phi) is 6.15. The van der Waals surface area contributed by atoms with Crippen molar-refractivity contribution >= 4 is 29.3 Å². The van der Waals surface area contributed by atoms with Crippen molar-refractivity contribution in [2.75, 3.05) is 12.5 Å². The molecule has 0 aliphatic carbocycles. The number of carbonyl (C=O) groups is 1. The van der Waals surface area contributed by atoms with E-state index in [-0.39, 0.29) is 5.78 Å². The van der Waals surface area contributed by atoms with Gasteiger partial charge in [-0.3, -0.25) is 4.79 Å². The van der Waals surface area contributed by atoms with Crippen LogP contribution >= 0.6 is 23.5 Å². The summed E-state index contributed by atoms with van der Waals surface area (Å²) in [7, 11) is 0. The predicted octanol–water partition coefficient (Wildman–Crippen LogP) is 5.05. The van der Waals surface area contributed by atoms with Crippen molar-refractivity contribution in [3.8, 4) is 0 Å². The Morgan fingerprint density at radius 1 is 0.857 bits per heavy atom. The molecule has 1 nitrogen and oxygen atoms in total. The van der Waals surface area contributed by atoms with Gasteiger partial charge in [0.25, 0.3) is 0 Å². The highest BCUT2D eigenvalue weighted by Gasteiger charge is 2.17. The maximum absolute atomic E-state index is 12.8. The van der Waals surface area contributed by atoms with Crippen LogP contribution in [0.5, 0.6) is 0 Å². The van der Waals surface area contributed by atoms with Crippen LogP contribution < -0.4 is 0 Å². The molecule has 0 N–H and O–H groups in total. The molecule has 0 heterocycles. The van der Waals surface area contributed by atoms with E-state index in [1.807, 2.05) is 61.0 Å². The summed E-state index contributed by atoms with van der Waals surface area (Å²) >= 11 is 3.28. The minimum atomic E-state index is 0.123. The Morgan fingerprint density at radius 2 is 1.38 bits per heavy atom. The molecular weight excluding hydrogens is 296 g/mol. The number of Topliss-reactive ketones (excluding diaryl/α,β-unsaturated/α-hetero) is 1. The molecule has 0 unspecified atom stereocenters. The van der Waals surface area contributed by atoms with Crippen LogP contribution in [-0.4, -0.2) is 18.3 Å². The number of thioether (sulfide) groups is 2. The molecule has 0 saturated heterocycles. The highest BCUT2D eigenvalue weighted by Crippen LogP contribution is 2.31. The van der Waals surface area contributed by atoms with Crippen molar-refractivity contribution in [3.63, 3.8) is 0 Å². The number of hydrogen-bond acceptors (Lipinski definition) is 3. The van der Waals surface area contributed by atoms with E-state index in [1.165, 1.54) is 0 Å². The summed E-state index contributed by atoms with van der Waals surface area (Å²) in [6, 6.07) is 19.7. The van der Waals surface area contributed by atoms with Gasteiger partial charge in [0.1, 0.15) is 0 Å². The fourth-order valence-corrected chi connectivity index (χ4v) is 3.63. The van der Waals surface area contributed by atoms with Gasteiger partial charge in [0.05, 0.1) is 0 Å². The number of carbonyl (C=O) groups excluding carboxylic acids is 1. The molecule has 0 radical (unpaired) electrons. The van der Waals surface area contributed by atoms with Crippen LogP contribution in [0.15, 0.2) is 70.5 Å². The summed E-state index contributed by atoms with van der Waals surface area (Å²) in [6.07, 6.45) is 4.72. The van der Waals surface area contributed by atoms with Gasteiger partial charge in [-0.25, -0.2) is 0 Å². The van der Waals surface area contributed by atoms with Crippen LogP contribution in [0.1, 0.15) is 15.9 Å². The van der Waals surface area contributed by atoms with Crippen molar-refractivity contribution in [1.82, 2.24) is 0 Å². The third-order valence-electron chi connectivity index (χ3n) is 3.15. The molecule has 108 valence electrons. The largest absolute Gasteiger partial charge is 0.289 e. The molecule has 0 saturated carbocycles. The Labute approximate surface area is 134 Å². The molecule has 0 fully saturated rings. The molecule has 0 atom stereocenters. The molecule has 0 aromatic heterocycles. The van der Waals surface area contributed by atoms with Gasteiger partial charge in [-0.1, -0.05) is 60.7 Å². The van der Waals surface area contributed by atoms with Gasteiger partial charge in [-0.05, 0) is 18.1 Å². The number of ketones is 1. The number of allylic oxidation sites excluding steroid dienone is 1. The number of hydrogen-bond donors (Lipinski definition) is 0. The minimum Gasteiger partial charge on any atom is -0.289 e. The highest BCUT2D eigenvalue weighted by atomic mass is 32.2. The van der Waals surface area contributed by atoms with Crippen LogP contribution in [0.3, 0.4) is 0 Å². The summed E-state index contributed by atoms with van der Waals surface area (Å²) in [4.78, 5) is 12.8. The van der Waals surface area contributed by atoms with Gasteiger partial charge in [-0.15, -0.1) is 23.5 Å². The highest BCUT2D eigenvalue weighted by molar-refractivity contribution is 8.21. The molecule has 0 aliphatic rings. The molecule has 2 rings (SSSR count). The zero-order valence-electron chi connectivity index (χ0n) is 12.2. The van der Waals surface area contributed by atoms with Crippen LogP contribution in [0, 0.1) is 0 Å². The molecule has 0 spiro atoms. The second-order valence-electron chi connectivity index (χ2n) is 4.53.